The summed E-state index contributed by atoms with van der Waals surface area (Å²) in [5.74, 6) is -2.33. The van der Waals surface area contributed by atoms with Crippen molar-refractivity contribution in [1.82, 2.24) is 10.3 Å². The Labute approximate surface area is 173 Å². The summed E-state index contributed by atoms with van der Waals surface area (Å²) in [5, 5.41) is 2.61. The Morgan fingerprint density at radius 2 is 1.90 bits per heavy atom. The van der Waals surface area contributed by atoms with Crippen LogP contribution in [0.5, 0.6) is 11.5 Å². The number of nitrogens with one attached hydrogen (secondary N) is 1. The van der Waals surface area contributed by atoms with E-state index in [1.54, 1.807) is 4.90 Å². The molecular weight excluding hydrogens is 421 g/mol. The zero-order valence-corrected chi connectivity index (χ0v) is 15.7. The third-order valence-electron chi connectivity index (χ3n) is 4.67. The van der Waals surface area contributed by atoms with Crippen molar-refractivity contribution in [2.75, 3.05) is 11.6 Å². The molecule has 0 unspecified atom stereocenters. The van der Waals surface area contributed by atoms with Crippen LogP contribution in [-0.2, 0) is 12.7 Å². The van der Waals surface area contributed by atoms with Gasteiger partial charge in [0.05, 0.1) is 17.9 Å². The number of carbonyl (C=O) groups is 1. The number of halogens is 5. The van der Waals surface area contributed by atoms with E-state index >= 15 is 0 Å². The number of aromatic nitrogens is 1. The van der Waals surface area contributed by atoms with E-state index < -0.39 is 35.0 Å². The van der Waals surface area contributed by atoms with E-state index in [0.717, 1.165) is 24.4 Å². The van der Waals surface area contributed by atoms with Crippen molar-refractivity contribution in [3.8, 4) is 11.5 Å². The summed E-state index contributed by atoms with van der Waals surface area (Å²) >= 11 is 0. The Bertz CT molecular complexity index is 1150. The summed E-state index contributed by atoms with van der Waals surface area (Å²) in [7, 11) is 0. The van der Waals surface area contributed by atoms with Crippen LogP contribution in [-0.4, -0.2) is 17.6 Å². The molecule has 1 N–H and O–H groups in total. The van der Waals surface area contributed by atoms with Crippen LogP contribution in [0.3, 0.4) is 0 Å². The van der Waals surface area contributed by atoms with E-state index in [2.05, 4.69) is 10.3 Å². The van der Waals surface area contributed by atoms with Gasteiger partial charge in [-0.15, -0.1) is 0 Å². The molecule has 0 spiro atoms. The van der Waals surface area contributed by atoms with Gasteiger partial charge >= 0.3 is 6.18 Å². The first-order chi connectivity index (χ1) is 14.7. The van der Waals surface area contributed by atoms with Gasteiger partial charge in [-0.05, 0) is 30.3 Å². The molecule has 0 saturated heterocycles. The van der Waals surface area contributed by atoms with Crippen LogP contribution in [0.4, 0.5) is 27.6 Å². The van der Waals surface area contributed by atoms with Crippen molar-refractivity contribution in [1.29, 1.82) is 0 Å². The molecule has 0 saturated carbocycles. The number of anilines is 1. The van der Waals surface area contributed by atoms with Gasteiger partial charge in [0.25, 0.3) is 5.91 Å². The summed E-state index contributed by atoms with van der Waals surface area (Å²) in [6.45, 7) is 0.119. The van der Waals surface area contributed by atoms with Crippen molar-refractivity contribution in [3.05, 3.63) is 83.2 Å². The van der Waals surface area contributed by atoms with Crippen molar-refractivity contribution < 1.29 is 31.5 Å². The molecule has 1 amide bonds. The van der Waals surface area contributed by atoms with Gasteiger partial charge < -0.3 is 15.0 Å². The fourth-order valence-corrected chi connectivity index (χ4v) is 3.19. The summed E-state index contributed by atoms with van der Waals surface area (Å²) in [6.07, 6.45) is -2.85. The average Bonchev–Trinajstić information content (AvgIpc) is 2.72. The fourth-order valence-electron chi connectivity index (χ4n) is 3.19. The second-order valence-electron chi connectivity index (χ2n) is 6.75. The number of fused-ring (bicyclic) bond motifs is 1. The molecule has 31 heavy (non-hydrogen) atoms. The maximum absolute atomic E-state index is 14.0. The highest BCUT2D eigenvalue weighted by atomic mass is 19.4. The average molecular weight is 435 g/mol. The Hall–Kier alpha value is -3.69. The number of benzene rings is 2. The van der Waals surface area contributed by atoms with Crippen molar-refractivity contribution in [2.45, 2.75) is 12.7 Å². The molecule has 0 bridgehead atoms. The van der Waals surface area contributed by atoms with Crippen LogP contribution in [0.15, 0.2) is 54.9 Å². The number of nitrogens with zero attached hydrogens (tertiary/aromatic N) is 2. The molecule has 1 aromatic heterocycles. The van der Waals surface area contributed by atoms with E-state index in [1.165, 1.54) is 24.3 Å². The number of pyridine rings is 1. The molecule has 0 atom stereocenters. The number of ether oxygens (including phenoxy) is 1. The van der Waals surface area contributed by atoms with E-state index in [0.29, 0.717) is 11.9 Å². The first-order valence-electron chi connectivity index (χ1n) is 9.02. The zero-order chi connectivity index (χ0) is 22.2. The van der Waals surface area contributed by atoms with Crippen LogP contribution in [0.1, 0.15) is 21.5 Å². The Morgan fingerprint density at radius 3 is 2.65 bits per heavy atom. The van der Waals surface area contributed by atoms with Crippen molar-refractivity contribution >= 4 is 11.6 Å². The van der Waals surface area contributed by atoms with Gasteiger partial charge in [0.1, 0.15) is 28.7 Å². The van der Waals surface area contributed by atoms with Crippen LogP contribution >= 0.6 is 0 Å². The van der Waals surface area contributed by atoms with Crippen LogP contribution in [0.2, 0.25) is 0 Å². The van der Waals surface area contributed by atoms with E-state index in [9.17, 15) is 26.7 Å². The molecule has 10 heteroatoms. The third kappa shape index (κ3) is 4.27. The van der Waals surface area contributed by atoms with Gasteiger partial charge in [0.15, 0.2) is 0 Å². The molecule has 0 fully saturated rings. The normalized spacial score (nSPS) is 13.6. The second-order valence-corrected chi connectivity index (χ2v) is 6.75. The fraction of sp³-hybridized carbons (Fsp3) is 0.143. The molecule has 0 aliphatic carbocycles. The number of alkyl halides is 3. The number of amides is 1. The quantitative estimate of drug-likeness (QED) is 0.594. The van der Waals surface area contributed by atoms with Gasteiger partial charge in [-0.3, -0.25) is 9.78 Å². The first-order valence-corrected chi connectivity index (χ1v) is 9.02. The van der Waals surface area contributed by atoms with Gasteiger partial charge in [-0.25, -0.2) is 8.78 Å². The van der Waals surface area contributed by atoms with Gasteiger partial charge in [-0.2, -0.15) is 13.2 Å². The highest BCUT2D eigenvalue weighted by Crippen LogP contribution is 2.38. The lowest BCUT2D eigenvalue weighted by Gasteiger charge is -2.31. The zero-order valence-electron chi connectivity index (χ0n) is 15.7. The third-order valence-corrected chi connectivity index (χ3v) is 4.67. The van der Waals surface area contributed by atoms with Crippen LogP contribution in [0.25, 0.3) is 0 Å². The molecule has 160 valence electrons. The summed E-state index contributed by atoms with van der Waals surface area (Å²) in [5.41, 5.74) is -0.250. The summed E-state index contributed by atoms with van der Waals surface area (Å²) < 4.78 is 72.0. The Morgan fingerprint density at radius 1 is 1.10 bits per heavy atom. The lowest BCUT2D eigenvalue weighted by Crippen LogP contribution is -2.43. The smallest absolute Gasteiger partial charge is 0.421 e. The minimum absolute atomic E-state index is 0.0143. The largest absolute Gasteiger partial charge is 0.457 e. The van der Waals surface area contributed by atoms with E-state index in [4.69, 9.17) is 4.74 Å². The SMILES string of the molecule is O=C1NCN(Cc2ccc(F)cc2F)c2ccc(Oc3ccncc3C(F)(F)F)cc21. The lowest BCUT2D eigenvalue weighted by atomic mass is 10.1. The highest BCUT2D eigenvalue weighted by molar-refractivity contribution is 6.02. The van der Waals surface area contributed by atoms with Crippen molar-refractivity contribution in [3.63, 3.8) is 0 Å². The minimum Gasteiger partial charge on any atom is -0.457 e. The number of rotatable bonds is 4. The number of hydrogen-bond acceptors (Lipinski definition) is 4. The maximum Gasteiger partial charge on any atom is 0.421 e. The van der Waals surface area contributed by atoms with E-state index in [-0.39, 0.29) is 30.1 Å². The predicted octanol–water partition coefficient (Wildman–Crippen LogP) is 4.88. The molecule has 3 aromatic rings. The number of carbonyl (C=O) groups excluding carboxylic acids is 1. The van der Waals surface area contributed by atoms with Gasteiger partial charge in [0.2, 0.25) is 0 Å². The van der Waals surface area contributed by atoms with E-state index in [1.807, 2.05) is 0 Å². The van der Waals surface area contributed by atoms with Crippen LogP contribution in [0, 0.1) is 11.6 Å². The topological polar surface area (TPSA) is 54.5 Å². The van der Waals surface area contributed by atoms with Gasteiger partial charge in [-0.1, -0.05) is 6.07 Å². The highest BCUT2D eigenvalue weighted by Gasteiger charge is 2.35. The summed E-state index contributed by atoms with van der Waals surface area (Å²) in [4.78, 5) is 17.4. The van der Waals surface area contributed by atoms with Crippen molar-refractivity contribution in [2.24, 2.45) is 0 Å². The molecule has 5 nitrogen and oxygen atoms in total. The summed E-state index contributed by atoms with van der Waals surface area (Å²) in [6, 6.07) is 8.49. The van der Waals surface area contributed by atoms with Crippen LogP contribution < -0.4 is 15.0 Å². The molecule has 1 aliphatic heterocycles. The monoisotopic (exact) mass is 435 g/mol. The lowest BCUT2D eigenvalue weighted by molar-refractivity contribution is -0.138. The molecule has 4 rings (SSSR count). The Kier molecular flexibility index (Phi) is 5.22. The van der Waals surface area contributed by atoms with Gasteiger partial charge in [0, 0.05) is 30.6 Å². The molecule has 1 aliphatic rings. The molecular formula is C21H14F5N3O2. The molecule has 0 radical (unpaired) electrons. The molecule has 2 aromatic carbocycles. The molecule has 2 heterocycles. The minimum atomic E-state index is -4.66. The number of hydrogen-bond donors (Lipinski definition) is 1. The Balaban J connectivity index is 1.63. The maximum atomic E-state index is 14.0. The first kappa shape index (κ1) is 20.6. The standard InChI is InChI=1S/C21H14F5N3O2/c22-13-2-1-12(17(23)7-13)10-29-11-28-20(30)15-8-14(3-4-18(15)29)31-19-5-6-27-9-16(19)21(24,25)26/h1-9H,10-11H2,(H,28,30). The predicted molar refractivity (Wildman–Crippen MR) is 101 cm³/mol. The second kappa shape index (κ2) is 7.86.